The van der Waals surface area contributed by atoms with E-state index in [1.165, 1.54) is 5.69 Å². The lowest BCUT2D eigenvalue weighted by atomic mass is 10.1. The highest BCUT2D eigenvalue weighted by Crippen LogP contribution is 2.15. The fraction of sp³-hybridized carbons (Fsp3) is 0.750. The zero-order valence-electron chi connectivity index (χ0n) is 10.7. The zero-order chi connectivity index (χ0) is 11.7. The lowest BCUT2D eigenvalue weighted by Crippen LogP contribution is -2.05. The summed E-state index contributed by atoms with van der Waals surface area (Å²) in [4.78, 5) is 0. The summed E-state index contributed by atoms with van der Waals surface area (Å²) in [5.74, 6) is 0.559. The third kappa shape index (κ3) is 4.98. The molecule has 3 nitrogen and oxygen atoms in total. The molecule has 0 fully saturated rings. The van der Waals surface area contributed by atoms with Crippen molar-refractivity contribution in [2.24, 2.45) is 0 Å². The van der Waals surface area contributed by atoms with Gasteiger partial charge in [-0.25, -0.2) is 0 Å². The summed E-state index contributed by atoms with van der Waals surface area (Å²) in [6, 6.07) is 2.09. The summed E-state index contributed by atoms with van der Waals surface area (Å²) in [6.07, 6.45) is 3.15. The molecule has 1 unspecified atom stereocenters. The predicted octanol–water partition coefficient (Wildman–Crippen LogP) is 3.07. The molecule has 0 N–H and O–H groups in total. The Hall–Kier alpha value is -0.830. The molecule has 3 heteroatoms. The molecule has 88 valence electrons. The van der Waals surface area contributed by atoms with Crippen LogP contribution in [-0.4, -0.2) is 23.5 Å². The first-order valence-electron chi connectivity index (χ1n) is 5.80. The highest BCUT2D eigenvalue weighted by atomic mass is 16.5. The summed E-state index contributed by atoms with van der Waals surface area (Å²) in [6.45, 7) is 9.94. The van der Waals surface area contributed by atoms with Crippen LogP contribution >= 0.6 is 0 Å². The molecule has 0 radical (unpaired) electrons. The summed E-state index contributed by atoms with van der Waals surface area (Å²) in [5.41, 5.74) is 1.18. The van der Waals surface area contributed by atoms with Gasteiger partial charge in [-0.3, -0.25) is 4.68 Å². The second kappa shape index (κ2) is 8.48. The van der Waals surface area contributed by atoms with E-state index in [0.717, 1.165) is 19.6 Å². The number of methoxy groups -OCH3 is 1. The van der Waals surface area contributed by atoms with Crippen LogP contribution in [0.5, 0.6) is 0 Å². The van der Waals surface area contributed by atoms with Crippen LogP contribution in [0.2, 0.25) is 0 Å². The molecule has 0 bridgehead atoms. The number of nitrogens with zero attached hydrogens (tertiary/aromatic N) is 2. The highest BCUT2D eigenvalue weighted by molar-refractivity contribution is 5.04. The zero-order valence-corrected chi connectivity index (χ0v) is 10.7. The van der Waals surface area contributed by atoms with Gasteiger partial charge in [0.05, 0.1) is 18.8 Å². The third-order valence-corrected chi connectivity index (χ3v) is 2.30. The lowest BCUT2D eigenvalue weighted by molar-refractivity contribution is 0.183. The van der Waals surface area contributed by atoms with Crippen molar-refractivity contribution in [1.29, 1.82) is 0 Å². The molecule has 0 saturated heterocycles. The van der Waals surface area contributed by atoms with Gasteiger partial charge in [0.2, 0.25) is 0 Å². The van der Waals surface area contributed by atoms with Crippen molar-refractivity contribution in [1.82, 2.24) is 9.78 Å². The molecule has 1 aromatic rings. The van der Waals surface area contributed by atoms with E-state index in [1.54, 1.807) is 7.11 Å². The smallest absolute Gasteiger partial charge is 0.0658 e. The van der Waals surface area contributed by atoms with E-state index in [1.807, 2.05) is 24.7 Å². The molecule has 0 aliphatic rings. The quantitative estimate of drug-likeness (QED) is 0.750. The normalized spacial score (nSPS) is 11.8. The number of rotatable bonds is 5. The van der Waals surface area contributed by atoms with Crippen LogP contribution < -0.4 is 0 Å². The van der Waals surface area contributed by atoms with E-state index >= 15 is 0 Å². The number of ether oxygens (including phenoxy) is 1. The standard InChI is InChI=1S/C10H18N2O.C2H6/c1-4-9(2)10-5-6-12(11-10)7-8-13-3;1-2/h5-6,9H,4,7-8H2,1-3H3;1-2H3. The van der Waals surface area contributed by atoms with Gasteiger partial charge in [0, 0.05) is 13.3 Å². The van der Waals surface area contributed by atoms with Crippen molar-refractivity contribution in [2.75, 3.05) is 13.7 Å². The SMILES string of the molecule is CC.CCC(C)c1ccn(CCOC)n1. The topological polar surface area (TPSA) is 27.1 Å². The van der Waals surface area contributed by atoms with E-state index in [9.17, 15) is 0 Å². The largest absolute Gasteiger partial charge is 0.383 e. The maximum Gasteiger partial charge on any atom is 0.0658 e. The van der Waals surface area contributed by atoms with Crippen LogP contribution in [0.25, 0.3) is 0 Å². The molecule has 0 saturated carbocycles. The van der Waals surface area contributed by atoms with Crippen molar-refractivity contribution in [3.05, 3.63) is 18.0 Å². The van der Waals surface area contributed by atoms with Crippen LogP contribution in [0.1, 0.15) is 45.7 Å². The maximum atomic E-state index is 4.98. The number of hydrogen-bond acceptors (Lipinski definition) is 2. The van der Waals surface area contributed by atoms with Crippen molar-refractivity contribution in [2.45, 2.75) is 46.6 Å². The molecule has 0 aromatic carbocycles. The summed E-state index contributed by atoms with van der Waals surface area (Å²) in [7, 11) is 1.71. The number of aromatic nitrogens is 2. The molecular formula is C12H24N2O. The van der Waals surface area contributed by atoms with Crippen LogP contribution in [0.3, 0.4) is 0 Å². The Morgan fingerprint density at radius 2 is 2.13 bits per heavy atom. The Morgan fingerprint density at radius 3 is 2.67 bits per heavy atom. The number of hydrogen-bond donors (Lipinski definition) is 0. The van der Waals surface area contributed by atoms with E-state index < -0.39 is 0 Å². The van der Waals surface area contributed by atoms with Crippen molar-refractivity contribution < 1.29 is 4.74 Å². The Kier molecular flexibility index (Phi) is 8.01. The van der Waals surface area contributed by atoms with Gasteiger partial charge < -0.3 is 4.74 Å². The van der Waals surface area contributed by atoms with Gasteiger partial charge in [0.25, 0.3) is 0 Å². The molecule has 15 heavy (non-hydrogen) atoms. The van der Waals surface area contributed by atoms with Crippen LogP contribution in [-0.2, 0) is 11.3 Å². The van der Waals surface area contributed by atoms with Gasteiger partial charge in [-0.2, -0.15) is 5.10 Å². The van der Waals surface area contributed by atoms with Crippen molar-refractivity contribution >= 4 is 0 Å². The van der Waals surface area contributed by atoms with E-state index in [0.29, 0.717) is 5.92 Å². The first kappa shape index (κ1) is 14.2. The summed E-state index contributed by atoms with van der Waals surface area (Å²) < 4.78 is 6.92. The van der Waals surface area contributed by atoms with Crippen molar-refractivity contribution in [3.8, 4) is 0 Å². The van der Waals surface area contributed by atoms with Crippen molar-refractivity contribution in [3.63, 3.8) is 0 Å². The predicted molar refractivity (Wildman–Crippen MR) is 64.2 cm³/mol. The highest BCUT2D eigenvalue weighted by Gasteiger charge is 2.05. The van der Waals surface area contributed by atoms with Gasteiger partial charge in [0.15, 0.2) is 0 Å². The van der Waals surface area contributed by atoms with Crippen LogP contribution in [0, 0.1) is 0 Å². The molecule has 1 aromatic heterocycles. The molecule has 1 heterocycles. The molecule has 1 rings (SSSR count). The fourth-order valence-electron chi connectivity index (χ4n) is 1.16. The van der Waals surface area contributed by atoms with E-state index in [2.05, 4.69) is 25.0 Å². The second-order valence-corrected chi connectivity index (χ2v) is 3.31. The minimum atomic E-state index is 0.559. The van der Waals surface area contributed by atoms with E-state index in [-0.39, 0.29) is 0 Å². The van der Waals surface area contributed by atoms with Gasteiger partial charge in [0.1, 0.15) is 0 Å². The Bertz CT molecular complexity index is 246. The van der Waals surface area contributed by atoms with Gasteiger partial charge >= 0.3 is 0 Å². The Balaban J connectivity index is 0.000000921. The Labute approximate surface area is 93.4 Å². The maximum absolute atomic E-state index is 4.98. The van der Waals surface area contributed by atoms with Crippen LogP contribution in [0.4, 0.5) is 0 Å². The molecule has 0 aliphatic carbocycles. The lowest BCUT2D eigenvalue weighted by Gasteiger charge is -2.03. The average molecular weight is 212 g/mol. The minimum absolute atomic E-state index is 0.559. The first-order valence-corrected chi connectivity index (χ1v) is 5.80. The third-order valence-electron chi connectivity index (χ3n) is 2.30. The summed E-state index contributed by atoms with van der Waals surface area (Å²) >= 11 is 0. The second-order valence-electron chi connectivity index (χ2n) is 3.31. The minimum Gasteiger partial charge on any atom is -0.383 e. The van der Waals surface area contributed by atoms with E-state index in [4.69, 9.17) is 4.74 Å². The molecular weight excluding hydrogens is 188 g/mol. The molecule has 1 atom stereocenters. The molecule has 0 amide bonds. The van der Waals surface area contributed by atoms with Gasteiger partial charge in [-0.05, 0) is 18.4 Å². The molecule has 0 aliphatic heterocycles. The fourth-order valence-corrected chi connectivity index (χ4v) is 1.16. The summed E-state index contributed by atoms with van der Waals surface area (Å²) in [5, 5.41) is 4.46. The van der Waals surface area contributed by atoms with Crippen LogP contribution in [0.15, 0.2) is 12.3 Å². The van der Waals surface area contributed by atoms with Gasteiger partial charge in [-0.1, -0.05) is 27.7 Å². The Morgan fingerprint density at radius 1 is 1.47 bits per heavy atom. The monoisotopic (exact) mass is 212 g/mol. The first-order chi connectivity index (χ1) is 7.27. The van der Waals surface area contributed by atoms with Gasteiger partial charge in [-0.15, -0.1) is 0 Å². The average Bonchev–Trinajstić information content (AvgIpc) is 2.76. The molecule has 0 spiro atoms.